The molecule has 0 unspecified atom stereocenters. The highest BCUT2D eigenvalue weighted by Gasteiger charge is 2.35. The Kier molecular flexibility index (Phi) is 2.45. The first-order valence-electron chi connectivity index (χ1n) is 7.63. The fraction of sp³-hybridized carbons (Fsp3) is 0.500. The van der Waals surface area contributed by atoms with Crippen molar-refractivity contribution in [3.63, 3.8) is 0 Å². The van der Waals surface area contributed by atoms with Crippen LogP contribution in [0.25, 0.3) is 10.9 Å². The largest absolute Gasteiger partial charge is 0.253 e. The Morgan fingerprint density at radius 3 is 2.63 bits per heavy atom. The maximum absolute atomic E-state index is 4.96. The normalized spacial score (nSPS) is 22.2. The quantitative estimate of drug-likeness (QED) is 0.766. The summed E-state index contributed by atoms with van der Waals surface area (Å²) < 4.78 is 0. The molecule has 4 rings (SSSR count). The number of hydrogen-bond acceptors (Lipinski definition) is 1. The summed E-state index contributed by atoms with van der Waals surface area (Å²) in [4.78, 5) is 4.96. The number of benzene rings is 1. The van der Waals surface area contributed by atoms with Crippen LogP contribution in [0.5, 0.6) is 0 Å². The second-order valence-corrected chi connectivity index (χ2v) is 6.71. The third-order valence-electron chi connectivity index (χ3n) is 4.90. The third-order valence-corrected chi connectivity index (χ3v) is 4.90. The van der Waals surface area contributed by atoms with E-state index in [9.17, 15) is 0 Å². The number of pyridine rings is 1. The van der Waals surface area contributed by atoms with Crippen molar-refractivity contribution >= 4 is 10.9 Å². The molecule has 19 heavy (non-hydrogen) atoms. The van der Waals surface area contributed by atoms with Crippen molar-refractivity contribution in [3.05, 3.63) is 41.1 Å². The average molecular weight is 251 g/mol. The summed E-state index contributed by atoms with van der Waals surface area (Å²) in [5.74, 6) is 2.48. The molecule has 2 aromatic rings. The summed E-state index contributed by atoms with van der Waals surface area (Å²) in [5.41, 5.74) is 5.49. The first kappa shape index (κ1) is 11.5. The van der Waals surface area contributed by atoms with Gasteiger partial charge in [-0.15, -0.1) is 0 Å². The molecule has 98 valence electrons. The lowest BCUT2D eigenvalue weighted by Crippen LogP contribution is -2.01. The van der Waals surface area contributed by atoms with Crippen LogP contribution in [0.3, 0.4) is 0 Å². The molecule has 1 saturated carbocycles. The van der Waals surface area contributed by atoms with Crippen molar-refractivity contribution in [2.45, 2.75) is 45.4 Å². The lowest BCUT2D eigenvalue weighted by molar-refractivity contribution is 0.488. The Bertz CT molecular complexity index is 637. The molecule has 1 heterocycles. The summed E-state index contributed by atoms with van der Waals surface area (Å²) in [6.07, 6.45) is 5.40. The summed E-state index contributed by atoms with van der Waals surface area (Å²) in [7, 11) is 0. The zero-order chi connectivity index (χ0) is 13.0. The highest BCUT2D eigenvalue weighted by molar-refractivity contribution is 5.80. The van der Waals surface area contributed by atoms with Crippen molar-refractivity contribution in [1.82, 2.24) is 4.98 Å². The van der Waals surface area contributed by atoms with E-state index in [1.54, 1.807) is 0 Å². The van der Waals surface area contributed by atoms with Gasteiger partial charge in [-0.1, -0.05) is 26.0 Å². The van der Waals surface area contributed by atoms with Crippen LogP contribution in [-0.4, -0.2) is 4.98 Å². The molecule has 1 aromatic carbocycles. The summed E-state index contributed by atoms with van der Waals surface area (Å²) in [6, 6.07) is 9.19. The number of aromatic nitrogens is 1. The van der Waals surface area contributed by atoms with Gasteiger partial charge in [0.05, 0.1) is 5.52 Å². The van der Waals surface area contributed by atoms with E-state index in [2.05, 4.69) is 38.1 Å². The number of rotatable bonds is 2. The molecule has 1 heteroatoms. The Morgan fingerprint density at radius 1 is 1.05 bits per heavy atom. The maximum Gasteiger partial charge on any atom is 0.0708 e. The van der Waals surface area contributed by atoms with Gasteiger partial charge in [-0.25, -0.2) is 0 Å². The fourth-order valence-corrected chi connectivity index (χ4v) is 3.48. The minimum absolute atomic E-state index is 0.582. The monoisotopic (exact) mass is 251 g/mol. The van der Waals surface area contributed by atoms with E-state index in [1.165, 1.54) is 53.4 Å². The third kappa shape index (κ3) is 1.96. The van der Waals surface area contributed by atoms with Crippen molar-refractivity contribution in [1.29, 1.82) is 0 Å². The van der Waals surface area contributed by atoms with Gasteiger partial charge in [0, 0.05) is 11.1 Å². The molecule has 0 N–H and O–H groups in total. The Labute approximate surface area is 115 Å². The molecule has 1 aromatic heterocycles. The van der Waals surface area contributed by atoms with Gasteiger partial charge in [-0.3, -0.25) is 4.98 Å². The second-order valence-electron chi connectivity index (χ2n) is 6.71. The minimum Gasteiger partial charge on any atom is -0.253 e. The molecule has 0 radical (unpaired) electrons. The molecule has 0 spiro atoms. The van der Waals surface area contributed by atoms with Gasteiger partial charge < -0.3 is 0 Å². The Balaban J connectivity index is 1.76. The van der Waals surface area contributed by atoms with E-state index in [0.717, 1.165) is 11.8 Å². The minimum atomic E-state index is 0.582. The molecule has 0 amide bonds. The summed E-state index contributed by atoms with van der Waals surface area (Å²) >= 11 is 0. The van der Waals surface area contributed by atoms with Gasteiger partial charge in [0.25, 0.3) is 0 Å². The number of hydrogen-bond donors (Lipinski definition) is 0. The molecule has 2 aliphatic carbocycles. The van der Waals surface area contributed by atoms with Crippen molar-refractivity contribution in [2.75, 3.05) is 0 Å². The molecule has 0 bridgehead atoms. The molecule has 2 aliphatic rings. The first-order chi connectivity index (χ1) is 9.20. The fourth-order valence-electron chi connectivity index (χ4n) is 3.48. The smallest absolute Gasteiger partial charge is 0.0708 e. The first-order valence-corrected chi connectivity index (χ1v) is 7.63. The van der Waals surface area contributed by atoms with E-state index < -0.39 is 0 Å². The van der Waals surface area contributed by atoms with Crippen LogP contribution in [0.1, 0.15) is 49.4 Å². The van der Waals surface area contributed by atoms with E-state index in [-0.39, 0.29) is 0 Å². The zero-order valence-corrected chi connectivity index (χ0v) is 11.8. The van der Waals surface area contributed by atoms with E-state index >= 15 is 0 Å². The molecule has 1 nitrogen and oxygen atoms in total. The van der Waals surface area contributed by atoms with E-state index in [1.807, 2.05) is 0 Å². The zero-order valence-electron chi connectivity index (χ0n) is 11.8. The van der Waals surface area contributed by atoms with Crippen LogP contribution in [0.2, 0.25) is 0 Å². The standard InChI is InChI=1S/C18H21N/c1-11(2)13-5-6-14-7-16-8-15(12-3-4-12)10-18(16)19-17(14)9-13/h5-7,9,11-12,15H,3-4,8,10H2,1-2H3/t15-/m0/s1. The van der Waals surface area contributed by atoms with Gasteiger partial charge in [0.1, 0.15) is 0 Å². The SMILES string of the molecule is CC(C)c1ccc2cc3c(nc2c1)C[C@@H](C1CC1)C3. The van der Waals surface area contributed by atoms with Gasteiger partial charge >= 0.3 is 0 Å². The van der Waals surface area contributed by atoms with Crippen molar-refractivity contribution in [3.8, 4) is 0 Å². The lowest BCUT2D eigenvalue weighted by atomic mass is 10.00. The van der Waals surface area contributed by atoms with Crippen molar-refractivity contribution in [2.24, 2.45) is 11.8 Å². The molecular weight excluding hydrogens is 230 g/mol. The Hall–Kier alpha value is -1.37. The van der Waals surface area contributed by atoms with Crippen LogP contribution in [-0.2, 0) is 12.8 Å². The van der Waals surface area contributed by atoms with E-state index in [0.29, 0.717) is 5.92 Å². The summed E-state index contributed by atoms with van der Waals surface area (Å²) in [5, 5.41) is 1.32. The molecule has 1 atom stereocenters. The van der Waals surface area contributed by atoms with Gasteiger partial charge in [0.2, 0.25) is 0 Å². The van der Waals surface area contributed by atoms with Gasteiger partial charge in [-0.2, -0.15) is 0 Å². The molecule has 0 aliphatic heterocycles. The molecule has 0 saturated heterocycles. The Morgan fingerprint density at radius 2 is 1.89 bits per heavy atom. The predicted octanol–water partition coefficient (Wildman–Crippen LogP) is 4.48. The highest BCUT2D eigenvalue weighted by atomic mass is 14.7. The van der Waals surface area contributed by atoms with Crippen molar-refractivity contribution < 1.29 is 0 Å². The number of nitrogens with zero attached hydrogens (tertiary/aromatic N) is 1. The molecular formula is C18H21N. The second kappa shape index (κ2) is 4.06. The van der Waals surface area contributed by atoms with Crippen LogP contribution in [0, 0.1) is 11.8 Å². The topological polar surface area (TPSA) is 12.9 Å². The maximum atomic E-state index is 4.96. The van der Waals surface area contributed by atoms with Gasteiger partial charge in [-0.05, 0) is 66.7 Å². The van der Waals surface area contributed by atoms with Crippen LogP contribution in [0.15, 0.2) is 24.3 Å². The van der Waals surface area contributed by atoms with Gasteiger partial charge in [0.15, 0.2) is 0 Å². The van der Waals surface area contributed by atoms with E-state index in [4.69, 9.17) is 4.98 Å². The predicted molar refractivity (Wildman–Crippen MR) is 79.5 cm³/mol. The van der Waals surface area contributed by atoms with Crippen LogP contribution in [0.4, 0.5) is 0 Å². The summed E-state index contributed by atoms with van der Waals surface area (Å²) in [6.45, 7) is 4.50. The lowest BCUT2D eigenvalue weighted by Gasteiger charge is -2.08. The van der Waals surface area contributed by atoms with Crippen LogP contribution >= 0.6 is 0 Å². The number of fused-ring (bicyclic) bond motifs is 2. The molecule has 1 fully saturated rings. The average Bonchev–Trinajstić information content (AvgIpc) is 3.16. The highest BCUT2D eigenvalue weighted by Crippen LogP contribution is 2.44. The van der Waals surface area contributed by atoms with Crippen LogP contribution < -0.4 is 0 Å².